The molecule has 0 saturated carbocycles. The van der Waals surface area contributed by atoms with Crippen LogP contribution in [-0.4, -0.2) is 37.1 Å². The number of benzene rings is 1. The van der Waals surface area contributed by atoms with Crippen LogP contribution in [-0.2, 0) is 16.6 Å². The molecule has 0 radical (unpaired) electrons. The second-order valence-corrected chi connectivity index (χ2v) is 4.72. The zero-order valence-corrected chi connectivity index (χ0v) is 13.7. The number of carbonyl (C=O) groups excluding carboxylic acids is 1. The zero-order valence-electron chi connectivity index (χ0n) is 13.7. The fraction of sp³-hybridized carbons (Fsp3) is 0.294. The van der Waals surface area contributed by atoms with Crippen molar-refractivity contribution in [2.45, 2.75) is 6.92 Å². The number of aryl methyl sites for hydroxylation is 1. The Morgan fingerprint density at radius 3 is 2.57 bits per heavy atom. The molecular formula is C17H20N2O4. The van der Waals surface area contributed by atoms with Crippen LogP contribution in [0, 0.1) is 0 Å². The minimum Gasteiger partial charge on any atom is -0.497 e. The second kappa shape index (κ2) is 7.49. The van der Waals surface area contributed by atoms with E-state index in [-0.39, 0.29) is 12.3 Å². The molecule has 0 saturated heterocycles. The summed E-state index contributed by atoms with van der Waals surface area (Å²) in [6.07, 6.45) is 1.84. The van der Waals surface area contributed by atoms with Crippen molar-refractivity contribution in [2.24, 2.45) is 12.0 Å². The molecule has 0 bridgehead atoms. The van der Waals surface area contributed by atoms with Gasteiger partial charge in [0.1, 0.15) is 17.2 Å². The number of carbonyl (C=O) groups is 1. The summed E-state index contributed by atoms with van der Waals surface area (Å²) in [5.74, 6) is 0.685. The summed E-state index contributed by atoms with van der Waals surface area (Å²) >= 11 is 0. The van der Waals surface area contributed by atoms with Gasteiger partial charge >= 0.3 is 5.97 Å². The Labute approximate surface area is 135 Å². The Hall–Kier alpha value is -2.76. The molecule has 0 aliphatic heterocycles. The number of hydrogen-bond donors (Lipinski definition) is 0. The van der Waals surface area contributed by atoms with Crippen LogP contribution in [0.2, 0.25) is 0 Å². The molecule has 1 aromatic carbocycles. The third-order valence-corrected chi connectivity index (χ3v) is 3.27. The van der Waals surface area contributed by atoms with Gasteiger partial charge in [0.2, 0.25) is 0 Å². The molecule has 0 spiro atoms. The van der Waals surface area contributed by atoms with Crippen molar-refractivity contribution in [1.29, 1.82) is 0 Å². The van der Waals surface area contributed by atoms with Gasteiger partial charge in [-0.3, -0.25) is 0 Å². The first-order valence-corrected chi connectivity index (χ1v) is 7.20. The van der Waals surface area contributed by atoms with Crippen molar-refractivity contribution in [3.63, 3.8) is 0 Å². The molecule has 23 heavy (non-hydrogen) atoms. The maximum atomic E-state index is 12.3. The van der Waals surface area contributed by atoms with E-state index in [1.807, 2.05) is 29.9 Å². The van der Waals surface area contributed by atoms with Gasteiger partial charge < -0.3 is 18.8 Å². The molecule has 0 amide bonds. The molecule has 0 atom stereocenters. The lowest BCUT2D eigenvalue weighted by Crippen LogP contribution is -2.21. The minimum absolute atomic E-state index is 0.225. The highest BCUT2D eigenvalue weighted by Crippen LogP contribution is 2.32. The minimum atomic E-state index is -0.479. The molecule has 1 aromatic heterocycles. The molecular weight excluding hydrogens is 296 g/mol. The Morgan fingerprint density at radius 1 is 1.22 bits per heavy atom. The average molecular weight is 316 g/mol. The number of methoxy groups -OCH3 is 2. The van der Waals surface area contributed by atoms with Gasteiger partial charge in [0, 0.05) is 19.3 Å². The normalized spacial score (nSPS) is 11.2. The molecule has 0 fully saturated rings. The molecule has 6 heteroatoms. The highest BCUT2D eigenvalue weighted by Gasteiger charge is 2.19. The number of rotatable bonds is 6. The Balaban J connectivity index is 2.53. The first-order chi connectivity index (χ1) is 11.1. The molecule has 2 rings (SSSR count). The molecule has 2 aromatic rings. The molecule has 0 aliphatic rings. The Bertz CT molecular complexity index is 719. The number of hydrogen-bond acceptors (Lipinski definition) is 5. The van der Waals surface area contributed by atoms with Gasteiger partial charge in [-0.05, 0) is 31.2 Å². The number of aromatic nitrogens is 1. The van der Waals surface area contributed by atoms with E-state index in [0.717, 1.165) is 0 Å². The van der Waals surface area contributed by atoms with Crippen LogP contribution in [0.4, 0.5) is 5.69 Å². The quantitative estimate of drug-likeness (QED) is 0.607. The van der Waals surface area contributed by atoms with E-state index in [0.29, 0.717) is 22.9 Å². The van der Waals surface area contributed by atoms with Crippen LogP contribution < -0.4 is 9.47 Å². The molecule has 0 aliphatic carbocycles. The van der Waals surface area contributed by atoms with Crippen molar-refractivity contribution < 1.29 is 19.0 Å². The lowest BCUT2D eigenvalue weighted by molar-refractivity contribution is -0.134. The molecule has 1 heterocycles. The lowest BCUT2D eigenvalue weighted by atomic mass is 10.2. The standard InChI is InChI=1S/C17H20N2O4/c1-5-23-17(20)16(14-7-6-10-19(14)2)18-13-9-8-12(21-3)11-15(13)22-4/h6-11H,5H2,1-4H3. The van der Waals surface area contributed by atoms with Crippen molar-refractivity contribution in [2.75, 3.05) is 20.8 Å². The monoisotopic (exact) mass is 316 g/mol. The summed E-state index contributed by atoms with van der Waals surface area (Å²) < 4.78 is 17.4. The van der Waals surface area contributed by atoms with E-state index >= 15 is 0 Å². The van der Waals surface area contributed by atoms with E-state index in [2.05, 4.69) is 4.99 Å². The fourth-order valence-corrected chi connectivity index (χ4v) is 2.11. The van der Waals surface area contributed by atoms with E-state index in [9.17, 15) is 4.79 Å². The van der Waals surface area contributed by atoms with E-state index in [1.165, 1.54) is 0 Å². The molecule has 122 valence electrons. The van der Waals surface area contributed by atoms with Crippen LogP contribution >= 0.6 is 0 Å². The summed E-state index contributed by atoms with van der Waals surface area (Å²) in [6, 6.07) is 8.86. The van der Waals surface area contributed by atoms with Gasteiger partial charge in [-0.25, -0.2) is 9.79 Å². The van der Waals surface area contributed by atoms with E-state index in [4.69, 9.17) is 14.2 Å². The summed E-state index contributed by atoms with van der Waals surface area (Å²) in [4.78, 5) is 16.8. The topological polar surface area (TPSA) is 62.1 Å². The van der Waals surface area contributed by atoms with Gasteiger partial charge in [0.05, 0.1) is 26.5 Å². The van der Waals surface area contributed by atoms with E-state index < -0.39 is 5.97 Å². The van der Waals surface area contributed by atoms with Gasteiger partial charge in [-0.1, -0.05) is 0 Å². The third-order valence-electron chi connectivity index (χ3n) is 3.27. The average Bonchev–Trinajstić information content (AvgIpc) is 2.98. The highest BCUT2D eigenvalue weighted by molar-refractivity contribution is 6.43. The van der Waals surface area contributed by atoms with Crippen molar-refractivity contribution in [1.82, 2.24) is 4.57 Å². The fourth-order valence-electron chi connectivity index (χ4n) is 2.11. The number of nitrogens with zero attached hydrogens (tertiary/aromatic N) is 2. The highest BCUT2D eigenvalue weighted by atomic mass is 16.5. The van der Waals surface area contributed by atoms with Crippen LogP contribution in [0.25, 0.3) is 0 Å². The number of esters is 1. The second-order valence-electron chi connectivity index (χ2n) is 4.72. The Morgan fingerprint density at radius 2 is 2.00 bits per heavy atom. The summed E-state index contributed by atoms with van der Waals surface area (Å²) in [6.45, 7) is 2.04. The summed E-state index contributed by atoms with van der Waals surface area (Å²) in [7, 11) is 4.96. The molecule has 0 N–H and O–H groups in total. The first-order valence-electron chi connectivity index (χ1n) is 7.20. The summed E-state index contributed by atoms with van der Waals surface area (Å²) in [5, 5.41) is 0. The van der Waals surface area contributed by atoms with Gasteiger partial charge in [-0.2, -0.15) is 0 Å². The summed E-state index contributed by atoms with van der Waals surface area (Å²) in [5.41, 5.74) is 1.42. The molecule has 6 nitrogen and oxygen atoms in total. The van der Waals surface area contributed by atoms with Gasteiger partial charge in [0.25, 0.3) is 0 Å². The van der Waals surface area contributed by atoms with Gasteiger partial charge in [0.15, 0.2) is 5.71 Å². The van der Waals surface area contributed by atoms with Crippen molar-refractivity contribution >= 4 is 17.4 Å². The van der Waals surface area contributed by atoms with Crippen LogP contribution in [0.5, 0.6) is 11.5 Å². The Kier molecular flexibility index (Phi) is 5.41. The zero-order chi connectivity index (χ0) is 16.8. The van der Waals surface area contributed by atoms with Crippen molar-refractivity contribution in [3.05, 3.63) is 42.2 Å². The van der Waals surface area contributed by atoms with E-state index in [1.54, 1.807) is 39.3 Å². The maximum Gasteiger partial charge on any atom is 0.359 e. The predicted molar refractivity (Wildman–Crippen MR) is 87.8 cm³/mol. The van der Waals surface area contributed by atoms with Crippen LogP contribution in [0.15, 0.2) is 41.5 Å². The predicted octanol–water partition coefficient (Wildman–Crippen LogP) is 2.73. The van der Waals surface area contributed by atoms with Crippen molar-refractivity contribution in [3.8, 4) is 11.5 Å². The smallest absolute Gasteiger partial charge is 0.359 e. The number of aliphatic imine (C=N–C) groups is 1. The maximum absolute atomic E-state index is 12.3. The first kappa shape index (κ1) is 16.6. The lowest BCUT2D eigenvalue weighted by Gasteiger charge is -2.10. The largest absolute Gasteiger partial charge is 0.497 e. The third kappa shape index (κ3) is 3.71. The van der Waals surface area contributed by atoms with Gasteiger partial charge in [-0.15, -0.1) is 0 Å². The van der Waals surface area contributed by atoms with Crippen LogP contribution in [0.3, 0.4) is 0 Å². The van der Waals surface area contributed by atoms with Crippen LogP contribution in [0.1, 0.15) is 12.6 Å². The SMILES string of the molecule is CCOC(=O)C(=Nc1ccc(OC)cc1OC)c1cccn1C. The number of ether oxygens (including phenoxy) is 3. The molecule has 0 unspecified atom stereocenters.